The van der Waals surface area contributed by atoms with E-state index in [0.29, 0.717) is 10.7 Å². The molecule has 6 heteroatoms. The molecule has 0 spiro atoms. The highest BCUT2D eigenvalue weighted by molar-refractivity contribution is 6.30. The Morgan fingerprint density at radius 2 is 2.29 bits per heavy atom. The normalized spacial score (nSPS) is 10.6. The molecule has 0 fully saturated rings. The van der Waals surface area contributed by atoms with Gasteiger partial charge in [-0.2, -0.15) is 0 Å². The highest BCUT2D eigenvalue weighted by Gasteiger charge is 2.05. The minimum absolute atomic E-state index is 0.104. The molecule has 1 aromatic carbocycles. The van der Waals surface area contributed by atoms with Crippen LogP contribution in [0.5, 0.6) is 0 Å². The standard InChI is InChI=1S/C15H19ClN4O/c1-2-17-7-6-14-9-20(11-18-14)10-15(21)19-13-5-3-4-12(16)8-13/h3-5,8-9,11,17H,2,6-7,10H2,1H3,(H,19,21). The van der Waals surface area contributed by atoms with Gasteiger partial charge in [0, 0.05) is 29.9 Å². The SMILES string of the molecule is CCNCCc1cn(CC(=O)Nc2cccc(Cl)c2)cn1. The van der Waals surface area contributed by atoms with E-state index in [-0.39, 0.29) is 12.5 Å². The molecule has 21 heavy (non-hydrogen) atoms. The van der Waals surface area contributed by atoms with Crippen LogP contribution in [0.4, 0.5) is 5.69 Å². The Morgan fingerprint density at radius 3 is 3.05 bits per heavy atom. The van der Waals surface area contributed by atoms with Crippen LogP contribution in [0.3, 0.4) is 0 Å². The van der Waals surface area contributed by atoms with Gasteiger partial charge in [-0.3, -0.25) is 4.79 Å². The van der Waals surface area contributed by atoms with Crippen LogP contribution in [0.1, 0.15) is 12.6 Å². The van der Waals surface area contributed by atoms with Gasteiger partial charge < -0.3 is 15.2 Å². The summed E-state index contributed by atoms with van der Waals surface area (Å²) < 4.78 is 1.78. The molecule has 1 amide bonds. The second kappa shape index (κ2) is 7.81. The van der Waals surface area contributed by atoms with E-state index in [9.17, 15) is 4.79 Å². The summed E-state index contributed by atoms with van der Waals surface area (Å²) in [6.07, 6.45) is 4.43. The van der Waals surface area contributed by atoms with E-state index in [2.05, 4.69) is 22.5 Å². The van der Waals surface area contributed by atoms with Crippen molar-refractivity contribution in [2.24, 2.45) is 0 Å². The lowest BCUT2D eigenvalue weighted by Crippen LogP contribution is -2.18. The summed E-state index contributed by atoms with van der Waals surface area (Å²) in [6, 6.07) is 7.09. The highest BCUT2D eigenvalue weighted by Crippen LogP contribution is 2.14. The zero-order chi connectivity index (χ0) is 15.1. The van der Waals surface area contributed by atoms with Gasteiger partial charge in [0.25, 0.3) is 0 Å². The zero-order valence-electron chi connectivity index (χ0n) is 12.0. The maximum atomic E-state index is 11.9. The molecule has 0 saturated heterocycles. The number of nitrogens with one attached hydrogen (secondary N) is 2. The minimum Gasteiger partial charge on any atom is -0.328 e. The number of benzene rings is 1. The third-order valence-corrected chi connectivity index (χ3v) is 3.16. The average molecular weight is 307 g/mol. The van der Waals surface area contributed by atoms with Gasteiger partial charge in [0.2, 0.25) is 5.91 Å². The van der Waals surface area contributed by atoms with Crippen LogP contribution in [0.25, 0.3) is 0 Å². The highest BCUT2D eigenvalue weighted by atomic mass is 35.5. The smallest absolute Gasteiger partial charge is 0.244 e. The van der Waals surface area contributed by atoms with Crippen molar-refractivity contribution in [3.63, 3.8) is 0 Å². The molecule has 2 N–H and O–H groups in total. The number of halogens is 1. The minimum atomic E-state index is -0.104. The van der Waals surface area contributed by atoms with Gasteiger partial charge in [-0.25, -0.2) is 4.98 Å². The third kappa shape index (κ3) is 5.21. The molecular weight excluding hydrogens is 288 g/mol. The van der Waals surface area contributed by atoms with Crippen LogP contribution < -0.4 is 10.6 Å². The van der Waals surface area contributed by atoms with Crippen molar-refractivity contribution < 1.29 is 4.79 Å². The van der Waals surface area contributed by atoms with Crippen LogP contribution in [0.2, 0.25) is 5.02 Å². The van der Waals surface area contributed by atoms with Gasteiger partial charge in [-0.1, -0.05) is 24.6 Å². The maximum Gasteiger partial charge on any atom is 0.244 e. The van der Waals surface area contributed by atoms with E-state index in [1.807, 2.05) is 6.20 Å². The monoisotopic (exact) mass is 306 g/mol. The molecule has 1 aromatic heterocycles. The number of nitrogens with zero attached hydrogens (tertiary/aromatic N) is 2. The Labute approximate surface area is 129 Å². The molecule has 112 valence electrons. The van der Waals surface area contributed by atoms with Crippen molar-refractivity contribution in [2.45, 2.75) is 19.9 Å². The summed E-state index contributed by atoms with van der Waals surface area (Å²) in [5.41, 5.74) is 1.67. The molecule has 2 rings (SSSR count). The molecule has 0 saturated carbocycles. The van der Waals surface area contributed by atoms with Crippen molar-refractivity contribution >= 4 is 23.2 Å². The largest absolute Gasteiger partial charge is 0.328 e. The molecular formula is C15H19ClN4O. The lowest BCUT2D eigenvalue weighted by atomic mass is 10.3. The number of carbonyl (C=O) groups is 1. The van der Waals surface area contributed by atoms with Crippen molar-refractivity contribution in [3.05, 3.63) is 47.5 Å². The fourth-order valence-corrected chi connectivity index (χ4v) is 2.14. The summed E-state index contributed by atoms with van der Waals surface area (Å²) >= 11 is 5.88. The topological polar surface area (TPSA) is 59.0 Å². The maximum absolute atomic E-state index is 11.9. The van der Waals surface area contributed by atoms with E-state index in [0.717, 1.165) is 25.2 Å². The predicted molar refractivity (Wildman–Crippen MR) is 84.6 cm³/mol. The van der Waals surface area contributed by atoms with Gasteiger partial charge in [-0.05, 0) is 24.7 Å². The van der Waals surface area contributed by atoms with Crippen molar-refractivity contribution in [1.29, 1.82) is 0 Å². The molecule has 0 aliphatic carbocycles. The summed E-state index contributed by atoms with van der Waals surface area (Å²) in [7, 11) is 0. The first-order valence-corrected chi connectivity index (χ1v) is 7.32. The fraction of sp³-hybridized carbons (Fsp3) is 0.333. The van der Waals surface area contributed by atoms with Crippen LogP contribution in [-0.4, -0.2) is 28.5 Å². The number of imidazole rings is 1. The number of anilines is 1. The first-order chi connectivity index (χ1) is 10.2. The number of hydrogen-bond donors (Lipinski definition) is 2. The van der Waals surface area contributed by atoms with Gasteiger partial charge in [0.05, 0.1) is 12.0 Å². The first kappa shape index (κ1) is 15.5. The lowest BCUT2D eigenvalue weighted by Gasteiger charge is -2.05. The van der Waals surface area contributed by atoms with Crippen LogP contribution >= 0.6 is 11.6 Å². The van der Waals surface area contributed by atoms with E-state index in [4.69, 9.17) is 11.6 Å². The summed E-state index contributed by atoms with van der Waals surface area (Å²) in [5.74, 6) is -0.104. The molecule has 0 bridgehead atoms. The number of likely N-dealkylation sites (N-methyl/N-ethyl adjacent to an activating group) is 1. The third-order valence-electron chi connectivity index (χ3n) is 2.93. The van der Waals surface area contributed by atoms with Crippen molar-refractivity contribution in [2.75, 3.05) is 18.4 Å². The van der Waals surface area contributed by atoms with Crippen LogP contribution in [0.15, 0.2) is 36.8 Å². The van der Waals surface area contributed by atoms with Crippen molar-refractivity contribution in [3.8, 4) is 0 Å². The van der Waals surface area contributed by atoms with E-state index in [1.165, 1.54) is 0 Å². The van der Waals surface area contributed by atoms with E-state index < -0.39 is 0 Å². The molecule has 0 aliphatic rings. The van der Waals surface area contributed by atoms with Crippen LogP contribution in [-0.2, 0) is 17.8 Å². The number of aromatic nitrogens is 2. The molecule has 0 atom stereocenters. The Morgan fingerprint density at radius 1 is 1.43 bits per heavy atom. The average Bonchev–Trinajstić information content (AvgIpc) is 2.86. The number of rotatable bonds is 7. The number of amides is 1. The summed E-state index contributed by atoms with van der Waals surface area (Å²) in [5, 5.41) is 6.65. The van der Waals surface area contributed by atoms with E-state index in [1.54, 1.807) is 35.2 Å². The molecule has 5 nitrogen and oxygen atoms in total. The first-order valence-electron chi connectivity index (χ1n) is 6.94. The summed E-state index contributed by atoms with van der Waals surface area (Å²) in [6.45, 7) is 4.14. The summed E-state index contributed by atoms with van der Waals surface area (Å²) in [4.78, 5) is 16.2. The van der Waals surface area contributed by atoms with Gasteiger partial charge in [-0.15, -0.1) is 0 Å². The molecule has 2 aromatic rings. The van der Waals surface area contributed by atoms with Crippen molar-refractivity contribution in [1.82, 2.24) is 14.9 Å². The van der Waals surface area contributed by atoms with Crippen LogP contribution in [0, 0.1) is 0 Å². The Kier molecular flexibility index (Phi) is 5.78. The Hall–Kier alpha value is -1.85. The van der Waals surface area contributed by atoms with Gasteiger partial charge in [0.15, 0.2) is 0 Å². The second-order valence-electron chi connectivity index (χ2n) is 4.70. The molecule has 1 heterocycles. The predicted octanol–water partition coefficient (Wildman–Crippen LogP) is 2.33. The number of carbonyl (C=O) groups excluding carboxylic acids is 1. The zero-order valence-corrected chi connectivity index (χ0v) is 12.7. The fourth-order valence-electron chi connectivity index (χ4n) is 1.95. The molecule has 0 radical (unpaired) electrons. The lowest BCUT2D eigenvalue weighted by molar-refractivity contribution is -0.116. The Bertz CT molecular complexity index is 597. The van der Waals surface area contributed by atoms with Gasteiger partial charge in [0.1, 0.15) is 6.54 Å². The number of hydrogen-bond acceptors (Lipinski definition) is 3. The quantitative estimate of drug-likeness (QED) is 0.772. The Balaban J connectivity index is 1.85. The van der Waals surface area contributed by atoms with Gasteiger partial charge >= 0.3 is 0 Å². The van der Waals surface area contributed by atoms with E-state index >= 15 is 0 Å². The second-order valence-corrected chi connectivity index (χ2v) is 5.14. The molecule has 0 unspecified atom stereocenters. The molecule has 0 aliphatic heterocycles.